The monoisotopic (exact) mass is 439 g/mol. The van der Waals surface area contributed by atoms with Gasteiger partial charge >= 0.3 is 0 Å². The van der Waals surface area contributed by atoms with Gasteiger partial charge in [0.25, 0.3) is 0 Å². The molecule has 4 aromatic heterocycles. The molecular weight excluding hydrogens is 414 g/mol. The summed E-state index contributed by atoms with van der Waals surface area (Å²) in [4.78, 5) is 11.6. The molecule has 1 aliphatic heterocycles. The summed E-state index contributed by atoms with van der Waals surface area (Å²) in [5.74, 6) is 0.604. The Kier molecular flexibility index (Phi) is 4.58. The predicted molar refractivity (Wildman–Crippen MR) is 127 cm³/mol. The fourth-order valence-electron chi connectivity index (χ4n) is 4.65. The maximum Gasteiger partial charge on any atom is 0.223 e. The van der Waals surface area contributed by atoms with E-state index < -0.39 is 0 Å². The molecule has 1 aliphatic carbocycles. The fraction of sp³-hybridized carbons (Fsp3) is 0.292. The van der Waals surface area contributed by atoms with E-state index in [4.69, 9.17) is 10.4 Å². The van der Waals surface area contributed by atoms with Gasteiger partial charge in [-0.1, -0.05) is 0 Å². The Hall–Kier alpha value is -3.85. The molecule has 166 valence electrons. The van der Waals surface area contributed by atoms with Crippen LogP contribution in [0.5, 0.6) is 0 Å². The fourth-order valence-corrected chi connectivity index (χ4v) is 4.65. The molecule has 0 unspecified atom stereocenters. The molecule has 0 radical (unpaired) electrons. The quantitative estimate of drug-likeness (QED) is 0.507. The van der Waals surface area contributed by atoms with Gasteiger partial charge in [0.1, 0.15) is 5.69 Å². The minimum atomic E-state index is 0.373. The first-order valence-electron chi connectivity index (χ1n) is 11.1. The first-order chi connectivity index (χ1) is 16.0. The van der Waals surface area contributed by atoms with Crippen molar-refractivity contribution in [3.8, 4) is 11.1 Å². The normalized spacial score (nSPS) is 16.9. The average molecular weight is 440 g/mol. The number of aromatic nitrogens is 6. The van der Waals surface area contributed by atoms with Crippen LogP contribution in [0.15, 0.2) is 49.2 Å². The molecular formula is C24H25N9. The number of nitrogens with zero attached hydrogens (tertiary/aromatic N) is 7. The molecule has 1 fully saturated rings. The van der Waals surface area contributed by atoms with Crippen LogP contribution in [0, 0.1) is 5.41 Å². The topological polar surface area (TPSA) is 100 Å². The van der Waals surface area contributed by atoms with Gasteiger partial charge < -0.3 is 10.2 Å². The van der Waals surface area contributed by atoms with Gasteiger partial charge in [-0.2, -0.15) is 10.2 Å². The maximum atomic E-state index is 8.54. The number of nitrogens with one attached hydrogen (secondary N) is 2. The summed E-state index contributed by atoms with van der Waals surface area (Å²) < 4.78 is 3.65. The van der Waals surface area contributed by atoms with Crippen molar-refractivity contribution in [2.24, 2.45) is 7.05 Å². The highest BCUT2D eigenvalue weighted by Gasteiger charge is 2.24. The summed E-state index contributed by atoms with van der Waals surface area (Å²) in [5, 5.41) is 20.8. The highest BCUT2D eigenvalue weighted by molar-refractivity contribution is 6.19. The molecule has 33 heavy (non-hydrogen) atoms. The second-order valence-corrected chi connectivity index (χ2v) is 8.86. The van der Waals surface area contributed by atoms with Gasteiger partial charge in [-0.3, -0.25) is 10.1 Å². The molecule has 0 atom stereocenters. The van der Waals surface area contributed by atoms with Gasteiger partial charge in [0.05, 0.1) is 23.6 Å². The van der Waals surface area contributed by atoms with Crippen LogP contribution in [0.25, 0.3) is 22.2 Å². The van der Waals surface area contributed by atoms with Crippen molar-refractivity contribution < 1.29 is 0 Å². The molecule has 0 bridgehead atoms. The molecule has 0 aromatic carbocycles. The minimum absolute atomic E-state index is 0.373. The van der Waals surface area contributed by atoms with Gasteiger partial charge in [-0.25, -0.2) is 14.5 Å². The first kappa shape index (κ1) is 19.8. The van der Waals surface area contributed by atoms with E-state index in [0.717, 1.165) is 59.3 Å². The third kappa shape index (κ3) is 3.50. The van der Waals surface area contributed by atoms with Crippen LogP contribution in [0.2, 0.25) is 0 Å². The average Bonchev–Trinajstić information content (AvgIpc) is 3.52. The van der Waals surface area contributed by atoms with Crippen LogP contribution in [-0.2, 0) is 7.05 Å². The van der Waals surface area contributed by atoms with Crippen LogP contribution < -0.4 is 5.32 Å². The number of anilines is 1. The third-order valence-electron chi connectivity index (χ3n) is 6.52. The van der Waals surface area contributed by atoms with Crippen molar-refractivity contribution in [2.75, 3.05) is 25.5 Å². The van der Waals surface area contributed by atoms with E-state index in [9.17, 15) is 0 Å². The van der Waals surface area contributed by atoms with Crippen molar-refractivity contribution >= 4 is 22.7 Å². The van der Waals surface area contributed by atoms with Gasteiger partial charge in [0, 0.05) is 48.4 Å². The van der Waals surface area contributed by atoms with Gasteiger partial charge in [-0.15, -0.1) is 0 Å². The summed E-state index contributed by atoms with van der Waals surface area (Å²) in [5.41, 5.74) is 6.98. The molecule has 6 rings (SSSR count). The van der Waals surface area contributed by atoms with Gasteiger partial charge in [-0.05, 0) is 62.3 Å². The first-order valence-corrected chi connectivity index (χ1v) is 11.1. The summed E-state index contributed by atoms with van der Waals surface area (Å²) in [7, 11) is 4.06. The number of allylic oxidation sites excluding steroid dienone is 1. The number of aryl methyl sites for hydroxylation is 1. The zero-order valence-corrected chi connectivity index (χ0v) is 18.7. The van der Waals surface area contributed by atoms with Crippen LogP contribution in [0.3, 0.4) is 0 Å². The lowest BCUT2D eigenvalue weighted by atomic mass is 10.0. The highest BCUT2D eigenvalue weighted by Crippen LogP contribution is 2.34. The van der Waals surface area contributed by atoms with E-state index >= 15 is 0 Å². The Morgan fingerprint density at radius 3 is 2.67 bits per heavy atom. The van der Waals surface area contributed by atoms with E-state index in [2.05, 4.69) is 38.5 Å². The summed E-state index contributed by atoms with van der Waals surface area (Å²) >= 11 is 0. The lowest BCUT2D eigenvalue weighted by Gasteiger charge is -2.29. The van der Waals surface area contributed by atoms with E-state index in [1.165, 1.54) is 0 Å². The molecule has 0 saturated carbocycles. The van der Waals surface area contributed by atoms with Crippen LogP contribution in [0.1, 0.15) is 29.7 Å². The number of hydrogen-bond donors (Lipinski definition) is 2. The number of piperidine rings is 1. The summed E-state index contributed by atoms with van der Waals surface area (Å²) in [6, 6.07) is 4.50. The molecule has 1 saturated heterocycles. The largest absolute Gasteiger partial charge is 0.351 e. The van der Waals surface area contributed by atoms with E-state index in [-0.39, 0.29) is 0 Å². The SMILES string of the molecule is CN1CCC(Nc2ncc3c(n2)C(=N)C=C3c2ccn3ncc(-c4cnn(C)c4)c3c2)CC1. The Balaban J connectivity index is 1.32. The van der Waals surface area contributed by atoms with Crippen molar-refractivity contribution in [3.05, 3.63) is 66.0 Å². The summed E-state index contributed by atoms with van der Waals surface area (Å²) in [6.45, 7) is 2.14. The van der Waals surface area contributed by atoms with Crippen molar-refractivity contribution in [3.63, 3.8) is 0 Å². The van der Waals surface area contributed by atoms with Crippen LogP contribution >= 0.6 is 0 Å². The molecule has 0 spiro atoms. The second-order valence-electron chi connectivity index (χ2n) is 8.86. The molecule has 2 N–H and O–H groups in total. The number of fused-ring (bicyclic) bond motifs is 2. The molecule has 4 aromatic rings. The zero-order valence-electron chi connectivity index (χ0n) is 18.7. The Morgan fingerprint density at radius 2 is 1.88 bits per heavy atom. The van der Waals surface area contributed by atoms with E-state index in [1.54, 1.807) is 4.68 Å². The van der Waals surface area contributed by atoms with Crippen LogP contribution in [0.4, 0.5) is 5.95 Å². The highest BCUT2D eigenvalue weighted by atomic mass is 15.2. The molecule has 9 nitrogen and oxygen atoms in total. The van der Waals surface area contributed by atoms with Crippen molar-refractivity contribution in [2.45, 2.75) is 18.9 Å². The Labute approximate surface area is 191 Å². The van der Waals surface area contributed by atoms with Crippen LogP contribution in [-0.4, -0.2) is 66.2 Å². The van der Waals surface area contributed by atoms with E-state index in [1.807, 2.05) is 54.7 Å². The second kappa shape index (κ2) is 7.63. The van der Waals surface area contributed by atoms with Crippen molar-refractivity contribution in [1.82, 2.24) is 34.3 Å². The Bertz CT molecular complexity index is 1400. The summed E-state index contributed by atoms with van der Waals surface area (Å²) in [6.07, 6.45) is 13.5. The third-order valence-corrected chi connectivity index (χ3v) is 6.52. The lowest BCUT2D eigenvalue weighted by Crippen LogP contribution is -2.37. The Morgan fingerprint density at radius 1 is 1.03 bits per heavy atom. The number of hydrogen-bond acceptors (Lipinski definition) is 7. The smallest absolute Gasteiger partial charge is 0.223 e. The molecule has 2 aliphatic rings. The molecule has 5 heterocycles. The number of rotatable bonds is 4. The molecule has 9 heteroatoms. The predicted octanol–water partition coefficient (Wildman–Crippen LogP) is 2.84. The van der Waals surface area contributed by atoms with Crippen molar-refractivity contribution in [1.29, 1.82) is 5.41 Å². The standard InChI is InChI=1S/C24H25N9/c1-31-6-4-17(5-7-31)29-24-26-12-20-18(10-21(25)23(20)30-24)15-3-8-33-22(9-15)19(13-28-33)16-11-27-32(2)14-16/h3,8-14,17,25H,4-7H2,1-2H3,(H,26,29,30). The molecule has 0 amide bonds. The zero-order chi connectivity index (χ0) is 22.5. The number of pyridine rings is 1. The van der Waals surface area contributed by atoms with E-state index in [0.29, 0.717) is 23.4 Å². The number of likely N-dealkylation sites (tertiary alicyclic amines) is 1. The maximum absolute atomic E-state index is 8.54. The lowest BCUT2D eigenvalue weighted by molar-refractivity contribution is 0.263. The van der Waals surface area contributed by atoms with Gasteiger partial charge in [0.15, 0.2) is 0 Å². The van der Waals surface area contributed by atoms with Gasteiger partial charge in [0.2, 0.25) is 5.95 Å². The minimum Gasteiger partial charge on any atom is -0.351 e.